The third kappa shape index (κ3) is 5.39. The van der Waals surface area contributed by atoms with Crippen LogP contribution < -0.4 is 10.9 Å². The first kappa shape index (κ1) is 26.0. The smallest absolute Gasteiger partial charge is 0.287 e. The van der Waals surface area contributed by atoms with Crippen LogP contribution >= 0.6 is 46.4 Å². The van der Waals surface area contributed by atoms with Gasteiger partial charge in [-0.15, -0.1) is 0 Å². The molecule has 3 rings (SSSR count). The van der Waals surface area contributed by atoms with E-state index in [0.29, 0.717) is 11.4 Å². The van der Waals surface area contributed by atoms with Crippen molar-refractivity contribution in [3.63, 3.8) is 0 Å². The topological polar surface area (TPSA) is 84.3 Å². The normalized spacial score (nSPS) is 11.3. The predicted octanol–water partition coefficient (Wildman–Crippen LogP) is 5.74. The Balaban J connectivity index is 2.04. The fourth-order valence-corrected chi connectivity index (χ4v) is 3.89. The zero-order valence-corrected chi connectivity index (χ0v) is 21.6. The Morgan fingerprint density at radius 3 is 2.18 bits per heavy atom. The average Bonchev–Trinajstić information content (AvgIpc) is 2.74. The summed E-state index contributed by atoms with van der Waals surface area (Å²) in [6.45, 7) is 6.78. The molecule has 0 aliphatic carbocycles. The van der Waals surface area contributed by atoms with E-state index in [2.05, 4.69) is 10.5 Å². The Morgan fingerprint density at radius 2 is 1.56 bits per heavy atom. The lowest BCUT2D eigenvalue weighted by molar-refractivity contribution is 0.0355. The molecule has 0 atom stereocenters. The van der Waals surface area contributed by atoms with Crippen LogP contribution in [0.5, 0.6) is 0 Å². The Labute approximate surface area is 216 Å². The Kier molecular flexibility index (Phi) is 7.62. The summed E-state index contributed by atoms with van der Waals surface area (Å²) in [5.74, 6) is -1.43. The highest BCUT2D eigenvalue weighted by atomic mass is 35.5. The van der Waals surface area contributed by atoms with Gasteiger partial charge in [-0.2, -0.15) is 5.10 Å². The molecule has 11 heteroatoms. The highest BCUT2D eigenvalue weighted by Crippen LogP contribution is 2.31. The van der Waals surface area contributed by atoms with Crippen LogP contribution in [0.15, 0.2) is 47.3 Å². The van der Waals surface area contributed by atoms with Crippen LogP contribution in [-0.2, 0) is 0 Å². The van der Waals surface area contributed by atoms with E-state index in [1.807, 2.05) is 0 Å². The maximum Gasteiger partial charge on any atom is 0.294 e. The molecule has 0 saturated heterocycles. The summed E-state index contributed by atoms with van der Waals surface area (Å²) in [5, 5.41) is 6.20. The fraction of sp³-hybridized carbons (Fsp3) is 0.217. The molecule has 0 spiro atoms. The molecule has 2 amide bonds. The second-order valence-corrected chi connectivity index (χ2v) is 9.99. The van der Waals surface area contributed by atoms with Crippen LogP contribution in [0.25, 0.3) is 5.69 Å². The summed E-state index contributed by atoms with van der Waals surface area (Å²) in [6, 6.07) is 10.6. The van der Waals surface area contributed by atoms with Crippen molar-refractivity contribution in [1.29, 1.82) is 0 Å². The minimum Gasteiger partial charge on any atom is -0.287 e. The van der Waals surface area contributed by atoms with Crippen molar-refractivity contribution in [2.75, 3.05) is 0 Å². The van der Waals surface area contributed by atoms with Crippen molar-refractivity contribution in [3.8, 4) is 5.69 Å². The minimum atomic E-state index is -0.884. The summed E-state index contributed by atoms with van der Waals surface area (Å²) in [7, 11) is 0. The Bertz CT molecular complexity index is 1350. The van der Waals surface area contributed by atoms with E-state index >= 15 is 0 Å². The third-order valence-electron chi connectivity index (χ3n) is 4.73. The van der Waals surface area contributed by atoms with Gasteiger partial charge in [0.25, 0.3) is 11.8 Å². The van der Waals surface area contributed by atoms with Crippen LogP contribution in [0.2, 0.25) is 20.1 Å². The zero-order chi connectivity index (χ0) is 25.4. The average molecular weight is 542 g/mol. The molecule has 1 N–H and O–H groups in total. The van der Waals surface area contributed by atoms with Crippen LogP contribution in [0.1, 0.15) is 47.3 Å². The minimum absolute atomic E-state index is 0.191. The monoisotopic (exact) mass is 540 g/mol. The molecule has 0 aliphatic rings. The lowest BCUT2D eigenvalue weighted by atomic mass is 10.1. The fourth-order valence-electron chi connectivity index (χ4n) is 3.06. The number of halogens is 4. The molecule has 0 saturated carbocycles. The van der Waals surface area contributed by atoms with Gasteiger partial charge in [-0.25, -0.2) is 9.69 Å². The summed E-state index contributed by atoms with van der Waals surface area (Å²) < 4.78 is 1.30. The number of hydrazine groups is 1. The van der Waals surface area contributed by atoms with Crippen LogP contribution in [0.3, 0.4) is 0 Å². The van der Waals surface area contributed by atoms with Gasteiger partial charge in [0, 0.05) is 11.8 Å². The number of benzene rings is 2. The first-order valence-corrected chi connectivity index (χ1v) is 11.5. The van der Waals surface area contributed by atoms with Crippen LogP contribution in [0, 0.1) is 6.92 Å². The van der Waals surface area contributed by atoms with E-state index in [-0.39, 0.29) is 25.7 Å². The number of hydrogen-bond acceptors (Lipinski definition) is 4. The van der Waals surface area contributed by atoms with Crippen molar-refractivity contribution < 1.29 is 9.59 Å². The van der Waals surface area contributed by atoms with Crippen molar-refractivity contribution in [3.05, 3.63) is 89.7 Å². The number of carbonyl (C=O) groups is 2. The number of rotatable bonds is 3. The second-order valence-electron chi connectivity index (χ2n) is 8.36. The number of aryl methyl sites for hydroxylation is 1. The molecular weight excluding hydrogens is 522 g/mol. The van der Waals surface area contributed by atoms with Crippen molar-refractivity contribution >= 4 is 58.2 Å². The highest BCUT2D eigenvalue weighted by molar-refractivity contribution is 6.43. The maximum absolute atomic E-state index is 13.2. The second kappa shape index (κ2) is 9.96. The van der Waals surface area contributed by atoms with E-state index in [9.17, 15) is 14.4 Å². The van der Waals surface area contributed by atoms with E-state index in [1.54, 1.807) is 52.0 Å². The first-order valence-electron chi connectivity index (χ1n) is 9.97. The summed E-state index contributed by atoms with van der Waals surface area (Å²) in [6.07, 6.45) is 0. The van der Waals surface area contributed by atoms with Gasteiger partial charge in [0.2, 0.25) is 5.43 Å². The molecule has 1 aromatic heterocycles. The van der Waals surface area contributed by atoms with Crippen molar-refractivity contribution in [2.45, 2.75) is 33.2 Å². The zero-order valence-electron chi connectivity index (χ0n) is 18.6. The molecule has 0 bridgehead atoms. The Morgan fingerprint density at radius 1 is 0.941 bits per heavy atom. The molecule has 0 radical (unpaired) electrons. The number of nitrogens with zero attached hydrogens (tertiary/aromatic N) is 3. The summed E-state index contributed by atoms with van der Waals surface area (Å²) in [4.78, 5) is 39.0. The molecule has 0 unspecified atom stereocenters. The van der Waals surface area contributed by atoms with E-state index in [0.717, 1.165) is 5.01 Å². The van der Waals surface area contributed by atoms with Gasteiger partial charge in [-0.1, -0.05) is 58.5 Å². The van der Waals surface area contributed by atoms with Gasteiger partial charge in [0.05, 0.1) is 36.9 Å². The number of aromatic nitrogens is 2. The number of carbonyl (C=O) groups excluding carboxylic acids is 2. The lowest BCUT2D eigenvalue weighted by Gasteiger charge is -2.35. The summed E-state index contributed by atoms with van der Waals surface area (Å²) >= 11 is 24.6. The molecule has 0 fully saturated rings. The molecule has 3 aromatic rings. The number of nitrogens with one attached hydrogen (secondary N) is 1. The molecule has 1 heterocycles. The van der Waals surface area contributed by atoms with E-state index < -0.39 is 28.5 Å². The molecule has 0 aliphatic heterocycles. The molecular formula is C23H20Cl4N4O3. The maximum atomic E-state index is 13.2. The predicted molar refractivity (Wildman–Crippen MR) is 134 cm³/mol. The molecule has 178 valence electrons. The van der Waals surface area contributed by atoms with Gasteiger partial charge in [-0.3, -0.25) is 19.8 Å². The molecule has 34 heavy (non-hydrogen) atoms. The standard InChI is InChI=1S/C23H20Cl4N4O3/c1-12-9-19(32)20(28-30(12)18-11-16(26)15(25)10-17(18)27)21(33)29-31(23(2,3)4)22(34)13-7-5-6-8-14(13)24/h5-11H,1-4H3,(H,29,33). The summed E-state index contributed by atoms with van der Waals surface area (Å²) in [5.41, 5.74) is 1.47. The van der Waals surface area contributed by atoms with Crippen LogP contribution in [-0.4, -0.2) is 32.1 Å². The van der Waals surface area contributed by atoms with Gasteiger partial charge < -0.3 is 0 Å². The largest absolute Gasteiger partial charge is 0.294 e. The van der Waals surface area contributed by atoms with Crippen molar-refractivity contribution in [1.82, 2.24) is 20.2 Å². The van der Waals surface area contributed by atoms with Gasteiger partial charge >= 0.3 is 0 Å². The molecule has 2 aromatic carbocycles. The highest BCUT2D eigenvalue weighted by Gasteiger charge is 2.31. The van der Waals surface area contributed by atoms with Gasteiger partial charge in [0.1, 0.15) is 0 Å². The number of amides is 2. The SMILES string of the molecule is Cc1cc(=O)c(C(=O)NN(C(=O)c2ccccc2Cl)C(C)(C)C)nn1-c1cc(Cl)c(Cl)cc1Cl. The molecule has 7 nitrogen and oxygen atoms in total. The van der Waals surface area contributed by atoms with Crippen LogP contribution in [0.4, 0.5) is 0 Å². The van der Waals surface area contributed by atoms with Gasteiger partial charge in [0.15, 0.2) is 5.69 Å². The Hall–Kier alpha value is -2.58. The quantitative estimate of drug-likeness (QED) is 0.338. The third-order valence-corrected chi connectivity index (χ3v) is 6.09. The van der Waals surface area contributed by atoms with E-state index in [1.165, 1.54) is 22.9 Å². The first-order chi connectivity index (χ1) is 15.8. The lowest BCUT2D eigenvalue weighted by Crippen LogP contribution is -2.56. The number of hydrogen-bond donors (Lipinski definition) is 1. The van der Waals surface area contributed by atoms with Gasteiger partial charge in [-0.05, 0) is 52.0 Å². The van der Waals surface area contributed by atoms with Crippen molar-refractivity contribution in [2.24, 2.45) is 0 Å². The van der Waals surface area contributed by atoms with E-state index in [4.69, 9.17) is 46.4 Å².